The zero-order valence-corrected chi connectivity index (χ0v) is 17.1. The molecular weight excluding hydrogens is 364 g/mol. The summed E-state index contributed by atoms with van der Waals surface area (Å²) in [7, 11) is 1.77. The fraction of sp³-hybridized carbons (Fsp3) is 0.261. The predicted molar refractivity (Wildman–Crippen MR) is 114 cm³/mol. The van der Waals surface area contributed by atoms with Crippen molar-refractivity contribution in [2.45, 2.75) is 33.6 Å². The zero-order chi connectivity index (χ0) is 20.7. The summed E-state index contributed by atoms with van der Waals surface area (Å²) in [5.41, 5.74) is 7.29. The number of nitrogens with one attached hydrogen (secondary N) is 1. The summed E-state index contributed by atoms with van der Waals surface area (Å²) in [5, 5.41) is 7.46. The van der Waals surface area contributed by atoms with E-state index in [9.17, 15) is 9.59 Å². The van der Waals surface area contributed by atoms with Gasteiger partial charge in [0, 0.05) is 24.7 Å². The van der Waals surface area contributed by atoms with Crippen LogP contribution in [0.3, 0.4) is 0 Å². The van der Waals surface area contributed by atoms with Gasteiger partial charge in [-0.2, -0.15) is 5.10 Å². The van der Waals surface area contributed by atoms with Gasteiger partial charge in [0.15, 0.2) is 0 Å². The molecule has 1 aliphatic heterocycles. The Morgan fingerprint density at radius 1 is 1.03 bits per heavy atom. The maximum absolute atomic E-state index is 12.8. The second kappa shape index (κ2) is 7.20. The van der Waals surface area contributed by atoms with Crippen LogP contribution in [0.25, 0.3) is 5.69 Å². The lowest BCUT2D eigenvalue weighted by atomic mass is 9.99. The molecule has 0 spiro atoms. The summed E-state index contributed by atoms with van der Waals surface area (Å²) in [6.07, 6.45) is 2.80. The van der Waals surface area contributed by atoms with Gasteiger partial charge in [-0.15, -0.1) is 0 Å². The number of amides is 2. The number of anilines is 2. The van der Waals surface area contributed by atoms with Gasteiger partial charge in [0.1, 0.15) is 0 Å². The Bertz CT molecular complexity index is 1130. The smallest absolute Gasteiger partial charge is 0.255 e. The molecule has 3 aromatic rings. The number of nitrogens with zero attached hydrogens (tertiary/aromatic N) is 3. The molecule has 6 nitrogen and oxygen atoms in total. The molecule has 148 valence electrons. The predicted octanol–water partition coefficient (Wildman–Crippen LogP) is 3.96. The van der Waals surface area contributed by atoms with E-state index < -0.39 is 0 Å². The van der Waals surface area contributed by atoms with Crippen LogP contribution in [0.15, 0.2) is 42.6 Å². The van der Waals surface area contributed by atoms with Gasteiger partial charge in [0.05, 0.1) is 23.3 Å². The molecule has 2 heterocycles. The number of aromatic nitrogens is 2. The van der Waals surface area contributed by atoms with E-state index in [1.807, 2.05) is 37.6 Å². The Labute approximate surface area is 170 Å². The van der Waals surface area contributed by atoms with Crippen LogP contribution in [0.5, 0.6) is 0 Å². The Kier molecular flexibility index (Phi) is 4.70. The van der Waals surface area contributed by atoms with Crippen molar-refractivity contribution in [2.24, 2.45) is 0 Å². The summed E-state index contributed by atoms with van der Waals surface area (Å²) >= 11 is 0. The fourth-order valence-electron chi connectivity index (χ4n) is 3.72. The quantitative estimate of drug-likeness (QED) is 0.739. The van der Waals surface area contributed by atoms with Crippen molar-refractivity contribution in [1.82, 2.24) is 9.78 Å². The number of hydrogen-bond acceptors (Lipinski definition) is 3. The average Bonchev–Trinajstić information content (AvgIpc) is 3.06. The number of benzene rings is 2. The molecule has 0 radical (unpaired) electrons. The fourth-order valence-corrected chi connectivity index (χ4v) is 3.72. The van der Waals surface area contributed by atoms with E-state index >= 15 is 0 Å². The number of carbonyl (C=O) groups excluding carboxylic acids is 2. The molecule has 4 rings (SSSR count). The lowest BCUT2D eigenvalue weighted by Crippen LogP contribution is -2.31. The molecule has 2 aromatic carbocycles. The van der Waals surface area contributed by atoms with Crippen molar-refractivity contribution < 1.29 is 9.59 Å². The molecule has 0 atom stereocenters. The third kappa shape index (κ3) is 3.42. The van der Waals surface area contributed by atoms with Crippen LogP contribution >= 0.6 is 0 Å². The Morgan fingerprint density at radius 3 is 2.62 bits per heavy atom. The minimum Gasteiger partial charge on any atom is -0.319 e. The van der Waals surface area contributed by atoms with Crippen LogP contribution in [0.1, 0.15) is 39.2 Å². The topological polar surface area (TPSA) is 67.2 Å². The Morgan fingerprint density at radius 2 is 1.83 bits per heavy atom. The first-order valence-corrected chi connectivity index (χ1v) is 9.68. The van der Waals surface area contributed by atoms with E-state index in [0.29, 0.717) is 24.1 Å². The van der Waals surface area contributed by atoms with E-state index in [1.54, 1.807) is 24.2 Å². The van der Waals surface area contributed by atoms with E-state index in [-0.39, 0.29) is 11.8 Å². The lowest BCUT2D eigenvalue weighted by molar-refractivity contribution is -0.118. The molecule has 0 bridgehead atoms. The van der Waals surface area contributed by atoms with Crippen LogP contribution < -0.4 is 10.2 Å². The van der Waals surface area contributed by atoms with Crippen LogP contribution in [0.4, 0.5) is 11.4 Å². The highest BCUT2D eigenvalue weighted by Gasteiger charge is 2.22. The molecule has 2 amide bonds. The molecule has 29 heavy (non-hydrogen) atoms. The van der Waals surface area contributed by atoms with E-state index in [0.717, 1.165) is 33.8 Å². The summed E-state index contributed by atoms with van der Waals surface area (Å²) in [5.74, 6) is -0.0832. The highest BCUT2D eigenvalue weighted by atomic mass is 16.2. The molecule has 1 aromatic heterocycles. The van der Waals surface area contributed by atoms with E-state index in [1.165, 1.54) is 0 Å². The molecule has 0 fully saturated rings. The minimum absolute atomic E-state index is 0.101. The minimum atomic E-state index is -0.184. The highest BCUT2D eigenvalue weighted by molar-refractivity contribution is 6.05. The molecule has 0 saturated heterocycles. The molecular formula is C23H24N4O2. The van der Waals surface area contributed by atoms with Gasteiger partial charge in [0.25, 0.3) is 5.91 Å². The molecule has 1 N–H and O–H groups in total. The van der Waals surface area contributed by atoms with Crippen molar-refractivity contribution >= 4 is 23.2 Å². The molecule has 1 aliphatic rings. The molecule has 0 saturated carbocycles. The normalized spacial score (nSPS) is 13.4. The number of rotatable bonds is 3. The van der Waals surface area contributed by atoms with Gasteiger partial charge in [-0.3, -0.25) is 9.59 Å². The third-order valence-corrected chi connectivity index (χ3v) is 5.54. The summed E-state index contributed by atoms with van der Waals surface area (Å²) in [4.78, 5) is 26.3. The molecule has 0 unspecified atom stereocenters. The van der Waals surface area contributed by atoms with Crippen molar-refractivity contribution in [2.75, 3.05) is 17.3 Å². The summed E-state index contributed by atoms with van der Waals surface area (Å²) < 4.78 is 1.85. The maximum atomic E-state index is 12.8. The molecule has 0 aliphatic carbocycles. The van der Waals surface area contributed by atoms with E-state index in [2.05, 4.69) is 28.6 Å². The second-order valence-electron chi connectivity index (χ2n) is 7.60. The van der Waals surface area contributed by atoms with Gasteiger partial charge in [-0.05, 0) is 68.1 Å². The second-order valence-corrected chi connectivity index (χ2v) is 7.60. The Hall–Kier alpha value is -3.41. The number of aryl methyl sites for hydroxylation is 3. The van der Waals surface area contributed by atoms with Gasteiger partial charge in [-0.25, -0.2) is 4.68 Å². The third-order valence-electron chi connectivity index (χ3n) is 5.54. The first kappa shape index (κ1) is 18.9. The summed E-state index contributed by atoms with van der Waals surface area (Å²) in [6.45, 7) is 6.03. The largest absolute Gasteiger partial charge is 0.319 e. The zero-order valence-electron chi connectivity index (χ0n) is 17.1. The van der Waals surface area contributed by atoms with Crippen molar-refractivity contribution in [1.29, 1.82) is 0 Å². The van der Waals surface area contributed by atoms with Crippen molar-refractivity contribution in [3.8, 4) is 5.69 Å². The van der Waals surface area contributed by atoms with Crippen LogP contribution in [0, 0.1) is 20.8 Å². The molecule has 6 heteroatoms. The van der Waals surface area contributed by atoms with Crippen LogP contribution in [0.2, 0.25) is 0 Å². The lowest BCUT2D eigenvalue weighted by Gasteiger charge is -2.26. The van der Waals surface area contributed by atoms with Gasteiger partial charge in [-0.1, -0.05) is 12.1 Å². The number of carbonyl (C=O) groups is 2. The Balaban J connectivity index is 1.59. The van der Waals surface area contributed by atoms with Gasteiger partial charge < -0.3 is 10.2 Å². The monoisotopic (exact) mass is 388 g/mol. The SMILES string of the molecule is Cc1ccc(C)c(-n2ncc(NC(=O)c3ccc4c(c3)CCC(=O)N4C)c2C)c1. The number of fused-ring (bicyclic) bond motifs is 1. The standard InChI is InChI=1S/C23H24N4O2/c1-14-5-6-15(2)21(11-14)27-16(3)19(13-24-27)25-23(29)18-7-9-20-17(12-18)8-10-22(28)26(20)4/h5-7,9,11-13H,8,10H2,1-4H3,(H,25,29). The first-order valence-electron chi connectivity index (χ1n) is 9.68. The van der Waals surface area contributed by atoms with Crippen molar-refractivity contribution in [3.05, 3.63) is 70.5 Å². The average molecular weight is 388 g/mol. The van der Waals surface area contributed by atoms with Gasteiger partial charge in [0.2, 0.25) is 5.91 Å². The van der Waals surface area contributed by atoms with Crippen LogP contribution in [-0.2, 0) is 11.2 Å². The summed E-state index contributed by atoms with van der Waals surface area (Å²) in [6, 6.07) is 11.7. The number of hydrogen-bond donors (Lipinski definition) is 1. The van der Waals surface area contributed by atoms with Crippen molar-refractivity contribution in [3.63, 3.8) is 0 Å². The van der Waals surface area contributed by atoms with Gasteiger partial charge >= 0.3 is 0 Å². The van der Waals surface area contributed by atoms with Crippen LogP contribution in [-0.4, -0.2) is 28.6 Å². The maximum Gasteiger partial charge on any atom is 0.255 e. The first-order chi connectivity index (χ1) is 13.8. The van der Waals surface area contributed by atoms with E-state index in [4.69, 9.17) is 0 Å². The highest BCUT2D eigenvalue weighted by Crippen LogP contribution is 2.28.